The fourth-order valence-corrected chi connectivity index (χ4v) is 7.44. The highest BCUT2D eigenvalue weighted by Crippen LogP contribution is 2.63. The minimum atomic E-state index is -1.29. The lowest BCUT2D eigenvalue weighted by molar-refractivity contribution is -0.277. The minimum Gasteiger partial charge on any atom is -0.497 e. The van der Waals surface area contributed by atoms with Gasteiger partial charge in [0.25, 0.3) is 0 Å². The van der Waals surface area contributed by atoms with Gasteiger partial charge in [-0.1, -0.05) is 54.6 Å². The SMILES string of the molecule is COc1ccc2c(c1)[C@@]1(C=C[C@H]3[C@H](O[C@H]4O[C@H](C)[C@H](O)[C@H](O)[C@H]4NC(C)=O)c4cc5ccccc5cc4[C@H]31)C(=O)C=C2. The summed E-state index contributed by atoms with van der Waals surface area (Å²) in [7, 11) is 1.62. The molecule has 3 aliphatic carbocycles. The number of carbonyl (C=O) groups is 2. The Hall–Kier alpha value is -3.82. The number of aliphatic hydroxyl groups excluding tert-OH is 2. The highest BCUT2D eigenvalue weighted by molar-refractivity contribution is 6.08. The lowest BCUT2D eigenvalue weighted by Crippen LogP contribution is -2.63. The molecule has 0 unspecified atom stereocenters. The smallest absolute Gasteiger partial charge is 0.217 e. The Morgan fingerprint density at radius 3 is 2.45 bits per heavy atom. The van der Waals surface area contributed by atoms with Crippen LogP contribution in [-0.2, 0) is 24.5 Å². The van der Waals surface area contributed by atoms with Crippen LogP contribution in [0.5, 0.6) is 5.75 Å². The van der Waals surface area contributed by atoms with Gasteiger partial charge in [0.2, 0.25) is 5.91 Å². The van der Waals surface area contributed by atoms with Crippen LogP contribution in [0.1, 0.15) is 48.1 Å². The third-order valence-corrected chi connectivity index (χ3v) is 9.42. The molecular formula is C34H33NO7. The normalized spacial score (nSPS) is 34.4. The van der Waals surface area contributed by atoms with Crippen LogP contribution in [0.2, 0.25) is 0 Å². The van der Waals surface area contributed by atoms with Crippen molar-refractivity contribution >= 4 is 28.5 Å². The summed E-state index contributed by atoms with van der Waals surface area (Å²) in [4.78, 5) is 26.1. The summed E-state index contributed by atoms with van der Waals surface area (Å²) in [5, 5.41) is 26.2. The van der Waals surface area contributed by atoms with E-state index < -0.39 is 42.2 Å². The summed E-state index contributed by atoms with van der Waals surface area (Å²) in [6, 6.07) is 17.2. The van der Waals surface area contributed by atoms with Crippen molar-refractivity contribution in [1.29, 1.82) is 0 Å². The van der Waals surface area contributed by atoms with E-state index in [1.807, 2.05) is 48.6 Å². The van der Waals surface area contributed by atoms with E-state index in [0.29, 0.717) is 5.75 Å². The lowest BCUT2D eigenvalue weighted by atomic mass is 9.63. The predicted molar refractivity (Wildman–Crippen MR) is 156 cm³/mol. The van der Waals surface area contributed by atoms with Gasteiger partial charge in [0.15, 0.2) is 12.1 Å². The number of benzene rings is 3. The van der Waals surface area contributed by atoms with E-state index in [0.717, 1.165) is 33.0 Å². The zero-order valence-corrected chi connectivity index (χ0v) is 23.6. The average molecular weight is 568 g/mol. The van der Waals surface area contributed by atoms with Crippen molar-refractivity contribution in [2.75, 3.05) is 7.11 Å². The number of hydrogen-bond donors (Lipinski definition) is 3. The molecule has 3 aromatic rings. The van der Waals surface area contributed by atoms with Gasteiger partial charge in [-0.15, -0.1) is 0 Å². The fraction of sp³-hybridized carbons (Fsp3) is 0.353. The van der Waals surface area contributed by atoms with E-state index in [1.165, 1.54) is 6.92 Å². The highest BCUT2D eigenvalue weighted by atomic mass is 16.7. The standard InChI is InChI=1S/C34H33NO7/c1-17-30(38)31(39)29(35-18(2)36)33(41-17)42-32-23-12-13-34(26-16-22(40-3)10-8-19(26)9-11-27(34)37)28(23)24-14-20-6-4-5-7-21(20)15-25(24)32/h4-17,23,28-33,38-39H,1-3H3,(H,35,36)/t17-,23-,28+,29-,30+,31-,32+,33-,34+/m1/s1. The van der Waals surface area contributed by atoms with Crippen molar-refractivity contribution in [2.24, 2.45) is 5.92 Å². The van der Waals surface area contributed by atoms with Gasteiger partial charge in [-0.05, 0) is 64.2 Å². The molecular weight excluding hydrogens is 534 g/mol. The molecule has 42 heavy (non-hydrogen) atoms. The third kappa shape index (κ3) is 3.90. The molecule has 216 valence electrons. The third-order valence-electron chi connectivity index (χ3n) is 9.42. The first kappa shape index (κ1) is 27.0. The Morgan fingerprint density at radius 1 is 1.00 bits per heavy atom. The molecule has 4 aliphatic rings. The van der Waals surface area contributed by atoms with Gasteiger partial charge < -0.3 is 29.7 Å². The van der Waals surface area contributed by atoms with Gasteiger partial charge in [-0.2, -0.15) is 0 Å². The Kier molecular flexibility index (Phi) is 6.36. The van der Waals surface area contributed by atoms with Crippen molar-refractivity contribution in [2.45, 2.75) is 61.9 Å². The van der Waals surface area contributed by atoms with Crippen molar-refractivity contribution in [3.63, 3.8) is 0 Å². The Balaban J connectivity index is 1.38. The largest absolute Gasteiger partial charge is 0.497 e. The molecule has 0 saturated carbocycles. The molecule has 1 saturated heterocycles. The Labute approximate surface area is 243 Å². The van der Waals surface area contributed by atoms with Gasteiger partial charge in [-0.25, -0.2) is 0 Å². The molecule has 0 aromatic heterocycles. The van der Waals surface area contributed by atoms with Crippen LogP contribution in [0.3, 0.4) is 0 Å². The first-order valence-corrected chi connectivity index (χ1v) is 14.3. The molecule has 3 aromatic carbocycles. The average Bonchev–Trinajstić information content (AvgIpc) is 3.51. The zero-order chi connectivity index (χ0) is 29.3. The van der Waals surface area contributed by atoms with Gasteiger partial charge in [0, 0.05) is 18.8 Å². The monoisotopic (exact) mass is 567 g/mol. The molecule has 1 aliphatic heterocycles. The number of fused-ring (bicyclic) bond motifs is 7. The molecule has 9 atom stereocenters. The molecule has 8 heteroatoms. The van der Waals surface area contributed by atoms with Gasteiger partial charge in [0.1, 0.15) is 24.0 Å². The molecule has 8 nitrogen and oxygen atoms in total. The Morgan fingerprint density at radius 2 is 1.74 bits per heavy atom. The number of carbonyl (C=O) groups excluding carboxylic acids is 2. The van der Waals surface area contributed by atoms with Gasteiger partial charge in [-0.3, -0.25) is 9.59 Å². The van der Waals surface area contributed by atoms with Crippen molar-refractivity contribution < 1.29 is 34.0 Å². The summed E-state index contributed by atoms with van der Waals surface area (Å²) in [5.41, 5.74) is 2.81. The molecule has 0 bridgehead atoms. The quantitative estimate of drug-likeness (QED) is 0.412. The lowest BCUT2D eigenvalue weighted by Gasteiger charge is -2.43. The number of amides is 1. The van der Waals surface area contributed by atoms with E-state index >= 15 is 0 Å². The first-order valence-electron chi connectivity index (χ1n) is 14.3. The Bertz CT molecular complexity index is 1660. The van der Waals surface area contributed by atoms with E-state index in [9.17, 15) is 19.8 Å². The number of rotatable bonds is 4. The van der Waals surface area contributed by atoms with E-state index in [2.05, 4.69) is 29.6 Å². The first-order chi connectivity index (χ1) is 20.2. The van der Waals surface area contributed by atoms with E-state index in [-0.39, 0.29) is 23.5 Å². The number of ketones is 1. The van der Waals surface area contributed by atoms with Crippen LogP contribution < -0.4 is 10.1 Å². The predicted octanol–water partition coefficient (Wildman–Crippen LogP) is 3.69. The summed E-state index contributed by atoms with van der Waals surface area (Å²) >= 11 is 0. The maximum atomic E-state index is 14.0. The number of hydrogen-bond acceptors (Lipinski definition) is 7. The topological polar surface area (TPSA) is 114 Å². The van der Waals surface area contributed by atoms with Crippen LogP contribution in [0.25, 0.3) is 16.8 Å². The number of allylic oxidation sites excluding steroid dienone is 2. The van der Waals surface area contributed by atoms with Crippen molar-refractivity contribution in [3.05, 3.63) is 95.1 Å². The van der Waals surface area contributed by atoms with E-state index in [1.54, 1.807) is 20.1 Å². The number of aliphatic hydroxyl groups is 2. The van der Waals surface area contributed by atoms with E-state index in [4.69, 9.17) is 14.2 Å². The molecule has 7 rings (SSSR count). The molecule has 1 heterocycles. The summed E-state index contributed by atoms with van der Waals surface area (Å²) in [5.74, 6) is -0.233. The van der Waals surface area contributed by atoms with Crippen LogP contribution in [0, 0.1) is 5.92 Å². The number of ether oxygens (including phenoxy) is 3. The van der Waals surface area contributed by atoms with Crippen molar-refractivity contribution in [3.8, 4) is 5.75 Å². The number of methoxy groups -OCH3 is 1. The zero-order valence-electron chi connectivity index (χ0n) is 23.6. The maximum Gasteiger partial charge on any atom is 0.217 e. The van der Waals surface area contributed by atoms with Crippen LogP contribution in [-0.4, -0.2) is 59.7 Å². The highest BCUT2D eigenvalue weighted by Gasteiger charge is 2.59. The molecule has 1 fully saturated rings. The minimum absolute atomic E-state index is 0.0102. The summed E-state index contributed by atoms with van der Waals surface area (Å²) in [6.45, 7) is 3.01. The molecule has 0 radical (unpaired) electrons. The fourth-order valence-electron chi connectivity index (χ4n) is 7.44. The second-order valence-corrected chi connectivity index (χ2v) is 11.7. The number of nitrogens with one attached hydrogen (secondary N) is 1. The maximum absolute atomic E-state index is 14.0. The summed E-state index contributed by atoms with van der Waals surface area (Å²) in [6.07, 6.45) is 2.80. The van der Waals surface area contributed by atoms with Crippen LogP contribution in [0.4, 0.5) is 0 Å². The second-order valence-electron chi connectivity index (χ2n) is 11.7. The molecule has 1 amide bonds. The molecule has 1 spiro atoms. The van der Waals surface area contributed by atoms with Gasteiger partial charge in [0.05, 0.1) is 24.7 Å². The van der Waals surface area contributed by atoms with Crippen molar-refractivity contribution in [1.82, 2.24) is 5.32 Å². The molecule has 3 N–H and O–H groups in total. The summed E-state index contributed by atoms with van der Waals surface area (Å²) < 4.78 is 18.4. The van der Waals surface area contributed by atoms with Crippen LogP contribution >= 0.6 is 0 Å². The second kappa shape index (κ2) is 9.88. The van der Waals surface area contributed by atoms with Crippen LogP contribution in [0.15, 0.2) is 72.8 Å². The van der Waals surface area contributed by atoms with Gasteiger partial charge >= 0.3 is 0 Å².